The molecule has 1 heterocycles. The summed E-state index contributed by atoms with van der Waals surface area (Å²) in [6, 6.07) is 10.4. The molecule has 9 nitrogen and oxygen atoms in total. The Balaban J connectivity index is 0.00000486. The first-order valence-electron chi connectivity index (χ1n) is 15.7. The number of methoxy groups -OCH3 is 3. The van der Waals surface area contributed by atoms with E-state index in [2.05, 4.69) is 9.97 Å². The largest absolute Gasteiger partial charge is 1.00 e. The zero-order chi connectivity index (χ0) is 37.5. The van der Waals surface area contributed by atoms with Gasteiger partial charge in [-0.05, 0) is 77.1 Å². The fraction of sp³-hybridized carbons (Fsp3) is 0.361. The van der Waals surface area contributed by atoms with Gasteiger partial charge in [-0.3, -0.25) is 4.79 Å². The minimum Gasteiger partial charge on any atom is -1.00 e. The molecule has 0 amide bonds. The first-order valence-corrected chi connectivity index (χ1v) is 15.7. The predicted octanol–water partition coefficient (Wildman–Crippen LogP) is 5.90. The number of ether oxygens (including phenoxy) is 4. The van der Waals surface area contributed by atoms with Gasteiger partial charge in [-0.25, -0.2) is 9.97 Å². The van der Waals surface area contributed by atoms with Gasteiger partial charge in [-0.1, -0.05) is 19.9 Å². The van der Waals surface area contributed by atoms with Crippen molar-refractivity contribution in [1.82, 2.24) is 9.97 Å². The summed E-state index contributed by atoms with van der Waals surface area (Å²) in [6.45, 7) is 3.49. The van der Waals surface area contributed by atoms with Crippen molar-refractivity contribution < 1.29 is 86.2 Å². The molecule has 3 aromatic carbocycles. The molecule has 4 rings (SSSR count). The number of anilines is 1. The van der Waals surface area contributed by atoms with E-state index < -0.39 is 36.0 Å². The van der Waals surface area contributed by atoms with Gasteiger partial charge in [0.25, 0.3) is 0 Å². The SMILES string of the molecule is COc1cc(CN(Cc2cc(C(F)(F)F)cc(C(F)(F)F)c2)c2ncc(OCCCC(=O)O)cn2)c(-c2cc(C(C)C)ccc2OC)cc1OC.[H-].[Na+]. The minimum atomic E-state index is -5.05. The summed E-state index contributed by atoms with van der Waals surface area (Å²) in [4.78, 5) is 20.9. The van der Waals surface area contributed by atoms with Crippen LogP contribution in [0.15, 0.2) is 60.9 Å². The van der Waals surface area contributed by atoms with Crippen molar-refractivity contribution in [2.45, 2.75) is 58.0 Å². The van der Waals surface area contributed by atoms with E-state index in [0.717, 1.165) is 5.56 Å². The van der Waals surface area contributed by atoms with E-state index in [0.29, 0.717) is 46.1 Å². The van der Waals surface area contributed by atoms with Crippen LogP contribution < -0.4 is 53.4 Å². The number of carbonyl (C=O) groups is 1. The summed E-state index contributed by atoms with van der Waals surface area (Å²) in [5.41, 5.74) is -0.446. The molecular formula is C36H38F6N3NaO6. The van der Waals surface area contributed by atoms with Gasteiger partial charge < -0.3 is 30.4 Å². The second-order valence-corrected chi connectivity index (χ2v) is 11.8. The summed E-state index contributed by atoms with van der Waals surface area (Å²) in [5, 5.41) is 8.86. The fourth-order valence-electron chi connectivity index (χ4n) is 5.29. The molecule has 4 aromatic rings. The maximum Gasteiger partial charge on any atom is 1.00 e. The van der Waals surface area contributed by atoms with Gasteiger partial charge in [0, 0.05) is 25.1 Å². The predicted molar refractivity (Wildman–Crippen MR) is 177 cm³/mol. The van der Waals surface area contributed by atoms with Crippen molar-refractivity contribution in [3.8, 4) is 34.1 Å². The van der Waals surface area contributed by atoms with E-state index in [4.69, 9.17) is 24.1 Å². The van der Waals surface area contributed by atoms with Crippen molar-refractivity contribution >= 4 is 11.9 Å². The van der Waals surface area contributed by atoms with E-state index >= 15 is 0 Å². The molecule has 0 aliphatic heterocycles. The molecule has 0 saturated heterocycles. The quantitative estimate of drug-likeness (QED) is 0.0906. The van der Waals surface area contributed by atoms with E-state index in [1.807, 2.05) is 32.0 Å². The first-order chi connectivity index (χ1) is 24.0. The second-order valence-electron chi connectivity index (χ2n) is 11.8. The van der Waals surface area contributed by atoms with E-state index in [1.165, 1.54) is 38.6 Å². The Kier molecular flexibility index (Phi) is 14.6. The topological polar surface area (TPSA) is 103 Å². The molecule has 1 aromatic heterocycles. The van der Waals surface area contributed by atoms with Gasteiger partial charge in [0.2, 0.25) is 5.95 Å². The summed E-state index contributed by atoms with van der Waals surface area (Å²) < 4.78 is 105. The van der Waals surface area contributed by atoms with Crippen LogP contribution in [0.4, 0.5) is 32.3 Å². The van der Waals surface area contributed by atoms with Gasteiger partial charge in [0.1, 0.15) is 5.75 Å². The second kappa shape index (κ2) is 18.0. The summed E-state index contributed by atoms with van der Waals surface area (Å²) in [5.74, 6) is 0.483. The third-order valence-electron chi connectivity index (χ3n) is 7.87. The third kappa shape index (κ3) is 10.9. The van der Waals surface area contributed by atoms with Gasteiger partial charge in [-0.15, -0.1) is 0 Å². The zero-order valence-corrected chi connectivity index (χ0v) is 31.5. The standard InChI is InChI=1S/C36H37F6N3O6.Na.H/c1-21(2)23-8-9-30(48-3)29(13-23)28-16-32(50-5)31(49-4)14-24(28)20-45(34-43-17-27(18-44-34)51-10-6-7-33(46)47)19-22-11-25(35(37,38)39)15-26(12-22)36(40,41)42;;/h8-9,11-18,21H,6-7,10,19-20H2,1-5H3,(H,46,47);;/q;+1;-1. The fourth-order valence-corrected chi connectivity index (χ4v) is 5.29. The van der Waals surface area contributed by atoms with Crippen molar-refractivity contribution in [1.29, 1.82) is 0 Å². The molecular weight excluding hydrogens is 707 g/mol. The van der Waals surface area contributed by atoms with Crippen molar-refractivity contribution in [3.05, 3.63) is 88.7 Å². The Hall–Kier alpha value is -4.21. The van der Waals surface area contributed by atoms with Gasteiger partial charge in [0.15, 0.2) is 17.2 Å². The van der Waals surface area contributed by atoms with Crippen LogP contribution in [0.3, 0.4) is 0 Å². The Morgan fingerprint density at radius 2 is 1.38 bits per heavy atom. The Morgan fingerprint density at radius 1 is 0.808 bits per heavy atom. The number of hydrogen-bond acceptors (Lipinski definition) is 8. The maximum absolute atomic E-state index is 13.8. The normalized spacial score (nSPS) is 11.5. The summed E-state index contributed by atoms with van der Waals surface area (Å²) >= 11 is 0. The molecule has 0 fully saturated rings. The van der Waals surface area contributed by atoms with Crippen LogP contribution in [0.5, 0.6) is 23.0 Å². The molecule has 0 radical (unpaired) electrons. The Morgan fingerprint density at radius 3 is 1.90 bits per heavy atom. The Labute approximate surface area is 320 Å². The average molecular weight is 746 g/mol. The molecule has 0 bridgehead atoms. The minimum absolute atomic E-state index is 0. The van der Waals surface area contributed by atoms with Crippen molar-refractivity contribution in [2.24, 2.45) is 0 Å². The molecule has 0 unspecified atom stereocenters. The average Bonchev–Trinajstić information content (AvgIpc) is 3.08. The van der Waals surface area contributed by atoms with Crippen LogP contribution in [-0.4, -0.2) is 49.0 Å². The molecule has 16 heteroatoms. The van der Waals surface area contributed by atoms with Crippen LogP contribution in [0.2, 0.25) is 0 Å². The maximum atomic E-state index is 13.8. The molecule has 0 aliphatic rings. The van der Waals surface area contributed by atoms with Gasteiger partial charge >= 0.3 is 47.9 Å². The molecule has 276 valence electrons. The molecule has 1 N–H and O–H groups in total. The number of alkyl halides is 6. The summed E-state index contributed by atoms with van der Waals surface area (Å²) in [7, 11) is 4.39. The van der Waals surface area contributed by atoms with E-state index in [-0.39, 0.29) is 86.2 Å². The number of aliphatic carboxylic acids is 1. The number of rotatable bonds is 15. The molecule has 0 atom stereocenters. The number of benzene rings is 3. The zero-order valence-electron chi connectivity index (χ0n) is 30.5. The van der Waals surface area contributed by atoms with Crippen molar-refractivity contribution in [3.63, 3.8) is 0 Å². The molecule has 0 saturated carbocycles. The third-order valence-corrected chi connectivity index (χ3v) is 7.87. The van der Waals surface area contributed by atoms with E-state index in [1.54, 1.807) is 12.1 Å². The first kappa shape index (κ1) is 42.2. The van der Waals surface area contributed by atoms with Crippen LogP contribution in [-0.2, 0) is 30.2 Å². The van der Waals surface area contributed by atoms with E-state index in [9.17, 15) is 31.1 Å². The molecule has 0 spiro atoms. The van der Waals surface area contributed by atoms with Gasteiger partial charge in [-0.2, -0.15) is 26.3 Å². The molecule has 52 heavy (non-hydrogen) atoms. The van der Waals surface area contributed by atoms with Crippen LogP contribution in [0, 0.1) is 0 Å². The number of carboxylic acid groups (broad SMARTS) is 1. The van der Waals surface area contributed by atoms with Gasteiger partial charge in [0.05, 0.1) is 51.5 Å². The Bertz CT molecular complexity index is 1800. The number of halogens is 6. The number of aromatic nitrogens is 2. The summed E-state index contributed by atoms with van der Waals surface area (Å²) in [6.07, 6.45) is -7.44. The number of hydrogen-bond donors (Lipinski definition) is 1. The number of nitrogens with zero attached hydrogens (tertiary/aromatic N) is 3. The molecule has 0 aliphatic carbocycles. The monoisotopic (exact) mass is 745 g/mol. The smallest absolute Gasteiger partial charge is 1.00 e. The van der Waals surface area contributed by atoms with Crippen LogP contribution in [0.25, 0.3) is 11.1 Å². The number of carboxylic acids is 1. The van der Waals surface area contributed by atoms with Crippen LogP contribution >= 0.6 is 0 Å². The van der Waals surface area contributed by atoms with Crippen molar-refractivity contribution in [2.75, 3.05) is 32.8 Å². The van der Waals surface area contributed by atoms with Crippen LogP contribution in [0.1, 0.15) is 61.9 Å².